The number of hydrogen-bond acceptors (Lipinski definition) is 2. The van der Waals surface area contributed by atoms with Gasteiger partial charge in [-0.2, -0.15) is 0 Å². The molecule has 0 aliphatic heterocycles. The summed E-state index contributed by atoms with van der Waals surface area (Å²) in [5.41, 5.74) is 1.10. The van der Waals surface area contributed by atoms with Gasteiger partial charge in [0.1, 0.15) is 5.75 Å². The Kier molecular flexibility index (Phi) is 3.51. The maximum Gasteiger partial charge on any atom is 0.219 e. The zero-order chi connectivity index (χ0) is 10.6. The number of ether oxygens (including phenoxy) is 1. The third kappa shape index (κ3) is 2.76. The van der Waals surface area contributed by atoms with Crippen molar-refractivity contribution in [2.45, 2.75) is 13.5 Å². The molecule has 1 aromatic rings. The van der Waals surface area contributed by atoms with Gasteiger partial charge in [0.25, 0.3) is 0 Å². The summed E-state index contributed by atoms with van der Waals surface area (Å²) >= 11 is 0. The van der Waals surface area contributed by atoms with Crippen molar-refractivity contribution < 1.29 is 9.53 Å². The van der Waals surface area contributed by atoms with Crippen molar-refractivity contribution in [2.24, 2.45) is 0 Å². The van der Waals surface area contributed by atoms with Crippen LogP contribution in [0.25, 0.3) is 0 Å². The first-order valence-corrected chi connectivity index (χ1v) is 4.48. The summed E-state index contributed by atoms with van der Waals surface area (Å²) in [5, 5.41) is 0. The average Bonchev–Trinajstić information content (AvgIpc) is 2.19. The number of hydrogen-bond donors (Lipinski definition) is 0. The number of methoxy groups -OCH3 is 1. The Hall–Kier alpha value is -1.51. The maximum absolute atomic E-state index is 11.0. The molecule has 0 aliphatic rings. The van der Waals surface area contributed by atoms with Crippen molar-refractivity contribution in [1.82, 2.24) is 4.90 Å². The van der Waals surface area contributed by atoms with Crippen LogP contribution in [0.3, 0.4) is 0 Å². The summed E-state index contributed by atoms with van der Waals surface area (Å²) in [6, 6.07) is 7.70. The van der Waals surface area contributed by atoms with Crippen LogP contribution in [0.5, 0.6) is 5.75 Å². The van der Waals surface area contributed by atoms with Gasteiger partial charge in [0.05, 0.1) is 7.11 Å². The van der Waals surface area contributed by atoms with Crippen molar-refractivity contribution in [2.75, 3.05) is 14.2 Å². The van der Waals surface area contributed by atoms with Crippen LogP contribution < -0.4 is 4.74 Å². The standard InChI is InChI=1S/C11H15NO2/c1-9(13)12(2)8-10-4-6-11(14-3)7-5-10/h4-7H,8H2,1-3H3. The van der Waals surface area contributed by atoms with E-state index in [2.05, 4.69) is 0 Å². The topological polar surface area (TPSA) is 29.5 Å². The Morgan fingerprint density at radius 1 is 1.36 bits per heavy atom. The minimum absolute atomic E-state index is 0.0702. The molecular weight excluding hydrogens is 178 g/mol. The molecule has 0 unspecified atom stereocenters. The molecule has 0 saturated carbocycles. The second-order valence-corrected chi connectivity index (χ2v) is 3.22. The van der Waals surface area contributed by atoms with Gasteiger partial charge in [-0.15, -0.1) is 0 Å². The fourth-order valence-corrected chi connectivity index (χ4v) is 1.12. The maximum atomic E-state index is 11.0. The molecule has 3 heteroatoms. The van der Waals surface area contributed by atoms with Crippen molar-refractivity contribution in [3.05, 3.63) is 29.8 Å². The summed E-state index contributed by atoms with van der Waals surface area (Å²) in [7, 11) is 3.42. The monoisotopic (exact) mass is 193 g/mol. The van der Waals surface area contributed by atoms with E-state index in [-0.39, 0.29) is 5.91 Å². The summed E-state index contributed by atoms with van der Waals surface area (Å²) < 4.78 is 5.04. The van der Waals surface area contributed by atoms with E-state index in [0.29, 0.717) is 6.54 Å². The SMILES string of the molecule is COc1ccc(CN(C)C(C)=O)cc1. The van der Waals surface area contributed by atoms with Crippen LogP contribution in [-0.4, -0.2) is 25.0 Å². The van der Waals surface area contributed by atoms with Gasteiger partial charge in [0, 0.05) is 20.5 Å². The smallest absolute Gasteiger partial charge is 0.219 e. The summed E-state index contributed by atoms with van der Waals surface area (Å²) in [5.74, 6) is 0.903. The van der Waals surface area contributed by atoms with Crippen molar-refractivity contribution >= 4 is 5.91 Å². The summed E-state index contributed by atoms with van der Waals surface area (Å²) in [4.78, 5) is 12.6. The van der Waals surface area contributed by atoms with Crippen LogP contribution in [0.1, 0.15) is 12.5 Å². The highest BCUT2D eigenvalue weighted by atomic mass is 16.5. The van der Waals surface area contributed by atoms with Gasteiger partial charge < -0.3 is 9.64 Å². The zero-order valence-corrected chi connectivity index (χ0v) is 8.78. The van der Waals surface area contributed by atoms with E-state index in [1.165, 1.54) is 0 Å². The molecule has 14 heavy (non-hydrogen) atoms. The molecule has 0 fully saturated rings. The molecule has 0 atom stereocenters. The van der Waals surface area contributed by atoms with Crippen LogP contribution in [0.15, 0.2) is 24.3 Å². The highest BCUT2D eigenvalue weighted by Crippen LogP contribution is 2.12. The molecule has 3 nitrogen and oxygen atoms in total. The van der Waals surface area contributed by atoms with Gasteiger partial charge in [0.2, 0.25) is 5.91 Å². The van der Waals surface area contributed by atoms with Gasteiger partial charge in [-0.05, 0) is 17.7 Å². The minimum atomic E-state index is 0.0702. The third-order valence-electron chi connectivity index (χ3n) is 2.12. The quantitative estimate of drug-likeness (QED) is 0.730. The first-order chi connectivity index (χ1) is 6.63. The van der Waals surface area contributed by atoms with Crippen LogP contribution in [0.2, 0.25) is 0 Å². The van der Waals surface area contributed by atoms with Gasteiger partial charge in [-0.3, -0.25) is 4.79 Å². The molecular formula is C11H15NO2. The molecule has 0 heterocycles. The van der Waals surface area contributed by atoms with E-state index in [9.17, 15) is 4.79 Å². The lowest BCUT2D eigenvalue weighted by atomic mass is 10.2. The molecule has 1 rings (SSSR count). The van der Waals surface area contributed by atoms with E-state index in [1.54, 1.807) is 26.0 Å². The highest BCUT2D eigenvalue weighted by molar-refractivity contribution is 5.72. The summed E-state index contributed by atoms with van der Waals surface area (Å²) in [6.45, 7) is 2.20. The predicted octanol–water partition coefficient (Wildman–Crippen LogP) is 1.67. The first kappa shape index (κ1) is 10.6. The highest BCUT2D eigenvalue weighted by Gasteiger charge is 2.02. The summed E-state index contributed by atoms with van der Waals surface area (Å²) in [6.07, 6.45) is 0. The second kappa shape index (κ2) is 4.65. The van der Waals surface area contributed by atoms with E-state index in [0.717, 1.165) is 11.3 Å². The molecule has 76 valence electrons. The normalized spacial score (nSPS) is 9.64. The zero-order valence-electron chi connectivity index (χ0n) is 8.78. The van der Waals surface area contributed by atoms with E-state index >= 15 is 0 Å². The fourth-order valence-electron chi connectivity index (χ4n) is 1.12. The molecule has 1 aromatic carbocycles. The van der Waals surface area contributed by atoms with Gasteiger partial charge >= 0.3 is 0 Å². The van der Waals surface area contributed by atoms with E-state index in [1.807, 2.05) is 24.3 Å². The minimum Gasteiger partial charge on any atom is -0.497 e. The fraction of sp³-hybridized carbons (Fsp3) is 0.364. The van der Waals surface area contributed by atoms with Crippen LogP contribution in [0.4, 0.5) is 0 Å². The molecule has 0 aliphatic carbocycles. The Labute approximate surface area is 84.3 Å². The third-order valence-corrected chi connectivity index (χ3v) is 2.12. The molecule has 0 radical (unpaired) electrons. The van der Waals surface area contributed by atoms with E-state index < -0.39 is 0 Å². The van der Waals surface area contributed by atoms with Crippen molar-refractivity contribution in [3.63, 3.8) is 0 Å². The van der Waals surface area contributed by atoms with E-state index in [4.69, 9.17) is 4.74 Å². The largest absolute Gasteiger partial charge is 0.497 e. The molecule has 0 bridgehead atoms. The van der Waals surface area contributed by atoms with Crippen LogP contribution >= 0.6 is 0 Å². The van der Waals surface area contributed by atoms with Crippen LogP contribution in [-0.2, 0) is 11.3 Å². The van der Waals surface area contributed by atoms with Gasteiger partial charge in [-0.25, -0.2) is 0 Å². The Balaban J connectivity index is 2.64. The molecule has 0 spiro atoms. The number of nitrogens with zero attached hydrogens (tertiary/aromatic N) is 1. The lowest BCUT2D eigenvalue weighted by Gasteiger charge is -2.14. The lowest BCUT2D eigenvalue weighted by Crippen LogP contribution is -2.22. The number of benzene rings is 1. The Morgan fingerprint density at radius 2 is 1.93 bits per heavy atom. The van der Waals surface area contributed by atoms with Gasteiger partial charge in [-0.1, -0.05) is 12.1 Å². The lowest BCUT2D eigenvalue weighted by molar-refractivity contribution is -0.128. The molecule has 0 N–H and O–H groups in total. The number of rotatable bonds is 3. The van der Waals surface area contributed by atoms with Crippen molar-refractivity contribution in [1.29, 1.82) is 0 Å². The number of carbonyl (C=O) groups excluding carboxylic acids is 1. The van der Waals surface area contributed by atoms with Gasteiger partial charge in [0.15, 0.2) is 0 Å². The Bertz CT molecular complexity index is 306. The average molecular weight is 193 g/mol. The molecule has 0 aromatic heterocycles. The van der Waals surface area contributed by atoms with Crippen molar-refractivity contribution in [3.8, 4) is 5.75 Å². The first-order valence-electron chi connectivity index (χ1n) is 4.48. The Morgan fingerprint density at radius 3 is 2.36 bits per heavy atom. The number of carbonyl (C=O) groups is 1. The number of amides is 1. The molecule has 0 saturated heterocycles. The molecule has 1 amide bonds. The van der Waals surface area contributed by atoms with Crippen LogP contribution in [0, 0.1) is 0 Å². The second-order valence-electron chi connectivity index (χ2n) is 3.22. The predicted molar refractivity (Wildman–Crippen MR) is 55.1 cm³/mol.